The number of carbonyl (C=O) groups is 1. The number of amides is 1. The highest BCUT2D eigenvalue weighted by Crippen LogP contribution is 2.29. The number of hydrogen-bond donors (Lipinski definition) is 2. The molecule has 190 valence electrons. The molecule has 1 atom stereocenters. The average molecular weight is 532 g/mol. The molecule has 0 aliphatic carbocycles. The van der Waals surface area contributed by atoms with Gasteiger partial charge in [-0.3, -0.25) is 9.00 Å². The van der Waals surface area contributed by atoms with Gasteiger partial charge in [0.25, 0.3) is 0 Å². The zero-order valence-electron chi connectivity index (χ0n) is 20.0. The van der Waals surface area contributed by atoms with Crippen LogP contribution in [0.1, 0.15) is 6.42 Å². The van der Waals surface area contributed by atoms with Crippen LogP contribution in [0, 0.1) is 5.82 Å². The first-order valence-corrected chi connectivity index (χ1v) is 13.3. The monoisotopic (exact) mass is 531 g/mol. The fraction of sp³-hybridized carbons (Fsp3) is 0.333. The van der Waals surface area contributed by atoms with Crippen LogP contribution in [0.4, 0.5) is 21.6 Å². The van der Waals surface area contributed by atoms with E-state index in [-0.39, 0.29) is 22.2 Å². The van der Waals surface area contributed by atoms with Gasteiger partial charge in [-0.1, -0.05) is 11.6 Å². The van der Waals surface area contributed by atoms with Gasteiger partial charge >= 0.3 is 0 Å². The van der Waals surface area contributed by atoms with Gasteiger partial charge in [-0.05, 0) is 37.4 Å². The number of halogens is 2. The topological polar surface area (TPSA) is 103 Å². The Morgan fingerprint density at radius 1 is 1.14 bits per heavy atom. The van der Waals surface area contributed by atoms with E-state index in [9.17, 15) is 13.4 Å². The number of pyridine rings is 1. The van der Waals surface area contributed by atoms with Crippen LogP contribution in [0.25, 0.3) is 11.3 Å². The number of likely N-dealkylation sites (N-methyl/N-ethyl adjacent to an activating group) is 1. The average Bonchev–Trinajstić information content (AvgIpc) is 2.85. The third kappa shape index (κ3) is 6.82. The molecule has 0 saturated carbocycles. The molecule has 0 spiro atoms. The van der Waals surface area contributed by atoms with Gasteiger partial charge in [0, 0.05) is 73.9 Å². The third-order valence-electron chi connectivity index (χ3n) is 5.79. The first kappa shape index (κ1) is 26.1. The first-order valence-electron chi connectivity index (χ1n) is 11.4. The minimum atomic E-state index is -1.46. The van der Waals surface area contributed by atoms with Gasteiger partial charge in [0.1, 0.15) is 11.6 Å². The third-order valence-corrected chi connectivity index (χ3v) is 6.88. The first-order chi connectivity index (χ1) is 17.3. The SMILES string of the molecule is CN1CCN(CCC(=O)Nc2cc(Nc3cc(-c4cc(Cl)ccc4F)nnc3S(C)=O)ccn2)CC1. The van der Waals surface area contributed by atoms with E-state index in [1.807, 2.05) is 0 Å². The lowest BCUT2D eigenvalue weighted by molar-refractivity contribution is -0.116. The van der Waals surface area contributed by atoms with Gasteiger partial charge in [-0.2, -0.15) is 0 Å². The highest BCUT2D eigenvalue weighted by molar-refractivity contribution is 7.84. The lowest BCUT2D eigenvalue weighted by Gasteiger charge is -2.32. The number of anilines is 3. The van der Waals surface area contributed by atoms with Crippen LogP contribution >= 0.6 is 11.6 Å². The summed E-state index contributed by atoms with van der Waals surface area (Å²) < 4.78 is 26.6. The molecule has 36 heavy (non-hydrogen) atoms. The van der Waals surface area contributed by atoms with Gasteiger partial charge < -0.3 is 20.4 Å². The Morgan fingerprint density at radius 3 is 2.67 bits per heavy atom. The molecule has 9 nitrogen and oxygen atoms in total. The lowest BCUT2D eigenvalue weighted by atomic mass is 10.1. The second-order valence-corrected chi connectivity index (χ2v) is 10.3. The van der Waals surface area contributed by atoms with E-state index in [1.54, 1.807) is 24.4 Å². The van der Waals surface area contributed by atoms with Crippen molar-refractivity contribution in [3.8, 4) is 11.3 Å². The van der Waals surface area contributed by atoms with Gasteiger partial charge in [0.05, 0.1) is 22.2 Å². The molecule has 1 aliphatic heterocycles. The largest absolute Gasteiger partial charge is 0.353 e. The van der Waals surface area contributed by atoms with E-state index in [2.05, 4.69) is 42.7 Å². The molecule has 1 fully saturated rings. The smallest absolute Gasteiger partial charge is 0.226 e. The molecule has 2 N–H and O–H groups in total. The standard InChI is InChI=1S/C24H27ClFN7O2S/c1-32-9-11-33(12-10-32)8-6-23(34)29-22-14-17(5-7-27-22)28-21-15-20(30-31-24(21)36(2)35)18-13-16(25)3-4-19(18)26/h3-5,7,13-15H,6,8-12H2,1-2H3,(H2,27,28,29,30,34). The zero-order chi connectivity index (χ0) is 25.7. The predicted octanol–water partition coefficient (Wildman–Crippen LogP) is 3.39. The Hall–Kier alpha value is -2.99. The summed E-state index contributed by atoms with van der Waals surface area (Å²) in [5, 5.41) is 14.6. The predicted molar refractivity (Wildman–Crippen MR) is 139 cm³/mol. The summed E-state index contributed by atoms with van der Waals surface area (Å²) in [6.07, 6.45) is 3.39. The highest BCUT2D eigenvalue weighted by atomic mass is 35.5. The molecule has 1 amide bonds. The molecule has 0 bridgehead atoms. The quantitative estimate of drug-likeness (QED) is 0.456. The number of nitrogens with one attached hydrogen (secondary N) is 2. The number of aromatic nitrogens is 3. The van der Waals surface area contributed by atoms with Crippen LogP contribution in [0.2, 0.25) is 5.02 Å². The molecule has 4 rings (SSSR count). The van der Waals surface area contributed by atoms with E-state index >= 15 is 0 Å². The van der Waals surface area contributed by atoms with Crippen molar-refractivity contribution >= 4 is 45.5 Å². The second-order valence-electron chi connectivity index (χ2n) is 8.52. The van der Waals surface area contributed by atoms with Crippen molar-refractivity contribution in [2.45, 2.75) is 11.4 Å². The summed E-state index contributed by atoms with van der Waals surface area (Å²) in [5.41, 5.74) is 1.38. The molecule has 1 aliphatic rings. The second kappa shape index (κ2) is 11.8. The Morgan fingerprint density at radius 2 is 1.92 bits per heavy atom. The van der Waals surface area contributed by atoms with Crippen LogP contribution in [0.5, 0.6) is 0 Å². The van der Waals surface area contributed by atoms with Crippen molar-refractivity contribution in [1.82, 2.24) is 25.0 Å². The molecule has 1 saturated heterocycles. The Bertz CT molecular complexity index is 1270. The van der Waals surface area contributed by atoms with Crippen molar-refractivity contribution in [3.05, 3.63) is 53.4 Å². The van der Waals surface area contributed by atoms with Crippen molar-refractivity contribution < 1.29 is 13.4 Å². The fourth-order valence-corrected chi connectivity index (χ4v) is 4.52. The maximum absolute atomic E-state index is 14.4. The van der Waals surface area contributed by atoms with E-state index in [1.165, 1.54) is 24.5 Å². The number of carbonyl (C=O) groups excluding carboxylic acids is 1. The maximum atomic E-state index is 14.4. The molecule has 2 aromatic heterocycles. The van der Waals surface area contributed by atoms with Crippen LogP contribution in [-0.2, 0) is 15.6 Å². The number of hydrogen-bond acceptors (Lipinski definition) is 8. The molecule has 1 aromatic carbocycles. The summed E-state index contributed by atoms with van der Waals surface area (Å²) >= 11 is 6.02. The van der Waals surface area contributed by atoms with Crippen molar-refractivity contribution in [3.63, 3.8) is 0 Å². The molecular weight excluding hydrogens is 505 g/mol. The Balaban J connectivity index is 1.47. The van der Waals surface area contributed by atoms with Crippen LogP contribution in [-0.4, -0.2) is 81.1 Å². The number of rotatable bonds is 8. The fourth-order valence-electron chi connectivity index (χ4n) is 3.78. The van der Waals surface area contributed by atoms with E-state index in [4.69, 9.17) is 11.6 Å². The van der Waals surface area contributed by atoms with Crippen molar-refractivity contribution in [2.75, 3.05) is 56.7 Å². The van der Waals surface area contributed by atoms with Crippen molar-refractivity contribution in [1.29, 1.82) is 0 Å². The summed E-state index contributed by atoms with van der Waals surface area (Å²) in [4.78, 5) is 21.2. The van der Waals surface area contributed by atoms with E-state index in [0.717, 1.165) is 26.2 Å². The lowest BCUT2D eigenvalue weighted by Crippen LogP contribution is -2.45. The molecule has 3 aromatic rings. The van der Waals surface area contributed by atoms with Crippen LogP contribution in [0.15, 0.2) is 47.6 Å². The summed E-state index contributed by atoms with van der Waals surface area (Å²) in [7, 11) is 0.634. The molecule has 3 heterocycles. The summed E-state index contributed by atoms with van der Waals surface area (Å²) in [6, 6.07) is 9.07. The van der Waals surface area contributed by atoms with Gasteiger partial charge in [-0.25, -0.2) is 9.37 Å². The normalized spacial score (nSPS) is 15.4. The van der Waals surface area contributed by atoms with Gasteiger partial charge in [0.15, 0.2) is 5.03 Å². The Kier molecular flexibility index (Phi) is 8.57. The van der Waals surface area contributed by atoms with Crippen LogP contribution < -0.4 is 10.6 Å². The van der Waals surface area contributed by atoms with Crippen LogP contribution in [0.3, 0.4) is 0 Å². The summed E-state index contributed by atoms with van der Waals surface area (Å²) in [5.74, 6) is -0.251. The maximum Gasteiger partial charge on any atom is 0.226 e. The number of nitrogens with zero attached hydrogens (tertiary/aromatic N) is 5. The highest BCUT2D eigenvalue weighted by Gasteiger charge is 2.17. The molecular formula is C24H27ClFN7O2S. The molecule has 0 radical (unpaired) electrons. The molecule has 12 heteroatoms. The number of piperazine rings is 1. The molecule has 1 unspecified atom stereocenters. The van der Waals surface area contributed by atoms with Gasteiger partial charge in [0.2, 0.25) is 5.91 Å². The zero-order valence-corrected chi connectivity index (χ0v) is 21.6. The minimum Gasteiger partial charge on any atom is -0.353 e. The van der Waals surface area contributed by atoms with E-state index in [0.29, 0.717) is 35.2 Å². The van der Waals surface area contributed by atoms with E-state index < -0.39 is 16.6 Å². The van der Waals surface area contributed by atoms with Gasteiger partial charge in [-0.15, -0.1) is 10.2 Å². The Labute approximate surface area is 216 Å². The minimum absolute atomic E-state index is 0.127. The van der Waals surface area contributed by atoms with Crippen molar-refractivity contribution in [2.24, 2.45) is 0 Å². The summed E-state index contributed by atoms with van der Waals surface area (Å²) in [6.45, 7) is 4.58. The number of benzene rings is 1.